The summed E-state index contributed by atoms with van der Waals surface area (Å²) in [7, 11) is 0. The lowest BCUT2D eigenvalue weighted by atomic mass is 10.1. The van der Waals surface area contributed by atoms with Crippen molar-refractivity contribution >= 4 is 29.3 Å². The molecule has 3 rings (SSSR count). The molecule has 1 aliphatic rings. The molecule has 92 valence electrons. The maximum Gasteiger partial charge on any atom is 0.156 e. The van der Waals surface area contributed by atoms with Crippen LogP contribution in [0.4, 0.5) is 5.82 Å². The molecule has 0 bridgehead atoms. The van der Waals surface area contributed by atoms with Crippen molar-refractivity contribution in [3.8, 4) is 0 Å². The third kappa shape index (κ3) is 2.47. The van der Waals surface area contributed by atoms with Gasteiger partial charge in [-0.15, -0.1) is 23.5 Å². The minimum absolute atomic E-state index is 0.531. The lowest BCUT2D eigenvalue weighted by Gasteiger charge is -2.07. The van der Waals surface area contributed by atoms with Gasteiger partial charge in [0.05, 0.1) is 0 Å². The average Bonchev–Trinajstić information content (AvgIpc) is 2.80. The van der Waals surface area contributed by atoms with Crippen LogP contribution < -0.4 is 5.73 Å². The largest absolute Gasteiger partial charge is 0.381 e. The van der Waals surface area contributed by atoms with Crippen LogP contribution >= 0.6 is 23.5 Å². The van der Waals surface area contributed by atoms with Crippen molar-refractivity contribution in [1.29, 1.82) is 0 Å². The molecule has 1 unspecified atom stereocenters. The Hall–Kier alpha value is -1.20. The molecule has 0 aliphatic carbocycles. The van der Waals surface area contributed by atoms with E-state index >= 15 is 0 Å². The van der Waals surface area contributed by atoms with Gasteiger partial charge in [0.25, 0.3) is 0 Å². The van der Waals surface area contributed by atoms with Gasteiger partial charge in [-0.1, -0.05) is 18.2 Å². The van der Waals surface area contributed by atoms with E-state index in [0.29, 0.717) is 11.1 Å². The molecule has 1 aromatic carbocycles. The Balaban J connectivity index is 1.62. The molecule has 18 heavy (non-hydrogen) atoms. The van der Waals surface area contributed by atoms with Gasteiger partial charge >= 0.3 is 0 Å². The number of rotatable bonds is 3. The first-order chi connectivity index (χ1) is 8.83. The fourth-order valence-electron chi connectivity index (χ4n) is 1.97. The normalized spacial score (nSPS) is 17.7. The Morgan fingerprint density at radius 1 is 1.28 bits per heavy atom. The highest BCUT2D eigenvalue weighted by atomic mass is 32.2. The molecule has 0 spiro atoms. The van der Waals surface area contributed by atoms with Crippen molar-refractivity contribution in [2.75, 3.05) is 11.5 Å². The number of fused-ring (bicyclic) bond motifs is 1. The van der Waals surface area contributed by atoms with Crippen molar-refractivity contribution in [1.82, 2.24) is 9.97 Å². The topological polar surface area (TPSA) is 51.8 Å². The predicted octanol–water partition coefficient (Wildman–Crippen LogP) is 2.87. The first-order valence-corrected chi connectivity index (χ1v) is 7.63. The van der Waals surface area contributed by atoms with Gasteiger partial charge in [0, 0.05) is 28.3 Å². The van der Waals surface area contributed by atoms with Gasteiger partial charge in [0.2, 0.25) is 0 Å². The standard InChI is InChI=1S/C13H13N3S2/c14-12-13(16-6-5-15-12)17-8-10-7-9-3-1-2-4-11(9)18-10/h1-6,10H,7-8H2,(H2,14,15). The van der Waals surface area contributed by atoms with Gasteiger partial charge in [0.15, 0.2) is 5.82 Å². The van der Waals surface area contributed by atoms with Crippen LogP contribution in [0.25, 0.3) is 0 Å². The minimum atomic E-state index is 0.531. The Bertz CT molecular complexity index is 534. The molecule has 0 saturated heterocycles. The average molecular weight is 275 g/mol. The van der Waals surface area contributed by atoms with Crippen molar-refractivity contribution in [3.63, 3.8) is 0 Å². The summed E-state index contributed by atoms with van der Waals surface area (Å²) >= 11 is 3.65. The number of aromatic nitrogens is 2. The van der Waals surface area contributed by atoms with Crippen molar-refractivity contribution in [3.05, 3.63) is 42.2 Å². The van der Waals surface area contributed by atoms with Gasteiger partial charge in [-0.25, -0.2) is 9.97 Å². The third-order valence-electron chi connectivity index (χ3n) is 2.81. The molecule has 2 aromatic rings. The monoisotopic (exact) mass is 275 g/mol. The molecule has 1 atom stereocenters. The van der Waals surface area contributed by atoms with Gasteiger partial charge < -0.3 is 5.73 Å². The number of hydrogen-bond donors (Lipinski definition) is 1. The predicted molar refractivity (Wildman–Crippen MR) is 77.0 cm³/mol. The second-order valence-electron chi connectivity index (χ2n) is 4.11. The van der Waals surface area contributed by atoms with E-state index in [0.717, 1.165) is 17.2 Å². The molecule has 1 aliphatic heterocycles. The van der Waals surface area contributed by atoms with E-state index in [-0.39, 0.29) is 0 Å². The SMILES string of the molecule is Nc1nccnc1SCC1Cc2ccccc2S1. The molecule has 0 saturated carbocycles. The van der Waals surface area contributed by atoms with E-state index in [2.05, 4.69) is 34.2 Å². The van der Waals surface area contributed by atoms with Gasteiger partial charge in [-0.2, -0.15) is 0 Å². The van der Waals surface area contributed by atoms with E-state index in [1.54, 1.807) is 24.2 Å². The molecule has 3 nitrogen and oxygen atoms in total. The first kappa shape index (κ1) is 11.9. The lowest BCUT2D eigenvalue weighted by Crippen LogP contribution is -2.05. The summed E-state index contributed by atoms with van der Waals surface area (Å²) in [5.74, 6) is 1.55. The quantitative estimate of drug-likeness (QED) is 0.873. The molecular formula is C13H13N3S2. The second kappa shape index (κ2) is 5.20. The van der Waals surface area contributed by atoms with Crippen LogP contribution in [0.5, 0.6) is 0 Å². The third-order valence-corrected chi connectivity index (χ3v) is 5.50. The Kier molecular flexibility index (Phi) is 3.43. The number of nitrogen functional groups attached to an aromatic ring is 1. The Labute approximate surface area is 115 Å². The van der Waals surface area contributed by atoms with Crippen LogP contribution in [-0.2, 0) is 6.42 Å². The van der Waals surface area contributed by atoms with Crippen LogP contribution in [0, 0.1) is 0 Å². The first-order valence-electron chi connectivity index (χ1n) is 5.77. The van der Waals surface area contributed by atoms with Crippen LogP contribution in [-0.4, -0.2) is 21.0 Å². The fraction of sp³-hybridized carbons (Fsp3) is 0.231. The minimum Gasteiger partial charge on any atom is -0.381 e. The van der Waals surface area contributed by atoms with Crippen LogP contribution in [0.1, 0.15) is 5.56 Å². The molecule has 1 aromatic heterocycles. The van der Waals surface area contributed by atoms with E-state index in [9.17, 15) is 0 Å². The molecule has 2 N–H and O–H groups in total. The van der Waals surface area contributed by atoms with E-state index in [4.69, 9.17) is 5.73 Å². The summed E-state index contributed by atoms with van der Waals surface area (Å²) < 4.78 is 0. The van der Waals surface area contributed by atoms with Crippen molar-refractivity contribution < 1.29 is 0 Å². The Morgan fingerprint density at radius 2 is 2.11 bits per heavy atom. The zero-order valence-electron chi connectivity index (χ0n) is 9.74. The number of thioether (sulfide) groups is 2. The van der Waals surface area contributed by atoms with Crippen molar-refractivity contribution in [2.24, 2.45) is 0 Å². The molecule has 0 radical (unpaired) electrons. The number of hydrogen-bond acceptors (Lipinski definition) is 5. The summed E-state index contributed by atoms with van der Waals surface area (Å²) in [6.45, 7) is 0. The second-order valence-corrected chi connectivity index (χ2v) is 6.46. The summed E-state index contributed by atoms with van der Waals surface area (Å²) in [6.07, 6.45) is 4.45. The molecule has 0 fully saturated rings. The Morgan fingerprint density at radius 3 is 2.94 bits per heavy atom. The van der Waals surface area contributed by atoms with Gasteiger partial charge in [0.1, 0.15) is 5.03 Å². The number of nitrogens with zero attached hydrogens (tertiary/aromatic N) is 2. The highest BCUT2D eigenvalue weighted by Gasteiger charge is 2.22. The summed E-state index contributed by atoms with van der Waals surface area (Å²) in [4.78, 5) is 9.72. The maximum absolute atomic E-state index is 5.79. The molecule has 5 heteroatoms. The fourth-order valence-corrected chi connectivity index (χ4v) is 4.32. The highest BCUT2D eigenvalue weighted by Crippen LogP contribution is 2.39. The highest BCUT2D eigenvalue weighted by molar-refractivity contribution is 8.03. The van der Waals surface area contributed by atoms with Crippen LogP contribution in [0.3, 0.4) is 0 Å². The van der Waals surface area contributed by atoms with Crippen LogP contribution in [0.15, 0.2) is 46.6 Å². The van der Waals surface area contributed by atoms with E-state index < -0.39 is 0 Å². The maximum atomic E-state index is 5.79. The zero-order chi connectivity index (χ0) is 12.4. The zero-order valence-corrected chi connectivity index (χ0v) is 11.4. The van der Waals surface area contributed by atoms with Crippen molar-refractivity contribution in [2.45, 2.75) is 21.6 Å². The lowest BCUT2D eigenvalue weighted by molar-refractivity contribution is 0.965. The van der Waals surface area contributed by atoms with E-state index in [1.165, 1.54) is 10.5 Å². The number of anilines is 1. The molecular weight excluding hydrogens is 262 g/mol. The van der Waals surface area contributed by atoms with E-state index in [1.807, 2.05) is 11.8 Å². The van der Waals surface area contributed by atoms with Gasteiger partial charge in [-0.3, -0.25) is 0 Å². The number of nitrogens with two attached hydrogens (primary N) is 1. The number of benzene rings is 1. The summed E-state index contributed by atoms with van der Waals surface area (Å²) in [6, 6.07) is 8.61. The molecule has 0 amide bonds. The summed E-state index contributed by atoms with van der Waals surface area (Å²) in [5.41, 5.74) is 7.25. The smallest absolute Gasteiger partial charge is 0.156 e. The van der Waals surface area contributed by atoms with Crippen LogP contribution in [0.2, 0.25) is 0 Å². The summed E-state index contributed by atoms with van der Waals surface area (Å²) in [5, 5.41) is 1.45. The molecule has 2 heterocycles. The van der Waals surface area contributed by atoms with Gasteiger partial charge in [-0.05, 0) is 18.1 Å².